The van der Waals surface area contributed by atoms with Crippen LogP contribution < -0.4 is 10.6 Å². The molecule has 4 aromatic rings. The van der Waals surface area contributed by atoms with Gasteiger partial charge in [-0.2, -0.15) is 23.5 Å². The number of ketones is 1. The number of nitrogens with one attached hydrogen (secondary N) is 2. The van der Waals surface area contributed by atoms with E-state index in [0.29, 0.717) is 11.6 Å². The Balaban J connectivity index is 1.79. The Kier molecular flexibility index (Phi) is 8.36. The third-order valence-corrected chi connectivity index (χ3v) is 6.16. The van der Waals surface area contributed by atoms with E-state index in [1.165, 1.54) is 30.5 Å². The van der Waals surface area contributed by atoms with Gasteiger partial charge >= 0.3 is 6.18 Å². The molecule has 0 saturated heterocycles. The Hall–Kier alpha value is -5.09. The van der Waals surface area contributed by atoms with Crippen molar-refractivity contribution in [3.05, 3.63) is 99.2 Å². The van der Waals surface area contributed by atoms with Crippen LogP contribution in [0.15, 0.2) is 54.9 Å². The number of carbonyl (C=O) groups excluding carboxylic acids is 3. The molecule has 0 atom stereocenters. The Morgan fingerprint density at radius 2 is 1.74 bits per heavy atom. The van der Waals surface area contributed by atoms with E-state index in [9.17, 15) is 32.8 Å². The van der Waals surface area contributed by atoms with Crippen molar-refractivity contribution in [2.24, 2.45) is 0 Å². The second-order valence-electron chi connectivity index (χ2n) is 10.4. The molecular formula is C29H23ClF3N7O3. The fraction of sp³-hybridized carbons (Fsp3) is 0.207. The molecule has 220 valence electrons. The zero-order chi connectivity index (χ0) is 31.7. The van der Waals surface area contributed by atoms with E-state index in [2.05, 4.69) is 25.7 Å². The summed E-state index contributed by atoms with van der Waals surface area (Å²) < 4.78 is 39.9. The molecule has 0 fully saturated rings. The summed E-state index contributed by atoms with van der Waals surface area (Å²) in [6.45, 7) is 6.90. The van der Waals surface area contributed by atoms with Gasteiger partial charge in [0.15, 0.2) is 5.82 Å². The molecule has 0 aliphatic carbocycles. The quantitative estimate of drug-likeness (QED) is 0.274. The molecule has 3 heterocycles. The second kappa shape index (κ2) is 11.7. The zero-order valence-corrected chi connectivity index (χ0v) is 23.9. The first kappa shape index (κ1) is 30.9. The Bertz CT molecular complexity index is 1790. The maximum atomic E-state index is 13.7. The molecule has 0 unspecified atom stereocenters. The van der Waals surface area contributed by atoms with Crippen LogP contribution in [0.25, 0.3) is 5.82 Å². The molecule has 0 aliphatic rings. The smallest absolute Gasteiger partial charge is 0.347 e. The summed E-state index contributed by atoms with van der Waals surface area (Å²) >= 11 is 6.31. The molecule has 0 aliphatic heterocycles. The molecule has 0 bridgehead atoms. The predicted molar refractivity (Wildman–Crippen MR) is 150 cm³/mol. The number of carbonyl (C=O) groups is 3. The van der Waals surface area contributed by atoms with Gasteiger partial charge in [-0.05, 0) is 69.7 Å². The van der Waals surface area contributed by atoms with Gasteiger partial charge in [0.1, 0.15) is 17.1 Å². The lowest BCUT2D eigenvalue weighted by Gasteiger charge is -2.22. The lowest BCUT2D eigenvalue weighted by Crippen LogP contribution is -2.41. The van der Waals surface area contributed by atoms with Gasteiger partial charge < -0.3 is 10.6 Å². The fourth-order valence-corrected chi connectivity index (χ4v) is 4.18. The standard InChI is InChI=1S/C29H23ClF3N7O3/c1-15-10-16(13-34)11-18(26(42)38-28(2,3)4)23(15)37-27(43)21-12-20(39-40(21)25-19(30)6-5-9-35-25)24(41)17-7-8-22(36-14-17)29(31,32)33/h5-12,14H,1-4H3,(H,37,43)(H,38,42). The van der Waals surface area contributed by atoms with Crippen molar-refractivity contribution in [2.75, 3.05) is 5.32 Å². The van der Waals surface area contributed by atoms with Gasteiger partial charge in [0, 0.05) is 29.6 Å². The highest BCUT2D eigenvalue weighted by molar-refractivity contribution is 6.32. The molecule has 0 saturated carbocycles. The number of nitrogens with zero attached hydrogens (tertiary/aromatic N) is 5. The van der Waals surface area contributed by atoms with Crippen LogP contribution in [0.4, 0.5) is 18.9 Å². The zero-order valence-electron chi connectivity index (χ0n) is 23.2. The second-order valence-corrected chi connectivity index (χ2v) is 10.8. The molecule has 4 rings (SSSR count). The minimum Gasteiger partial charge on any atom is -0.347 e. The van der Waals surface area contributed by atoms with Gasteiger partial charge in [0.25, 0.3) is 11.8 Å². The summed E-state index contributed by atoms with van der Waals surface area (Å²) in [5.41, 5.74) is -1.84. The van der Waals surface area contributed by atoms with Crippen LogP contribution in [-0.4, -0.2) is 42.9 Å². The van der Waals surface area contributed by atoms with Gasteiger partial charge in [-0.25, -0.2) is 9.67 Å². The largest absolute Gasteiger partial charge is 0.433 e. The minimum absolute atomic E-state index is 0.0128. The SMILES string of the molecule is Cc1cc(C#N)cc(C(=O)NC(C)(C)C)c1NC(=O)c1cc(C(=O)c2ccc(C(F)(F)F)nc2)nn1-c1ncccc1Cl. The molecule has 2 amide bonds. The normalized spacial score (nSPS) is 11.5. The number of amides is 2. The maximum absolute atomic E-state index is 13.7. The number of benzene rings is 1. The third-order valence-electron chi connectivity index (χ3n) is 5.87. The molecule has 0 radical (unpaired) electrons. The number of halogens is 4. The first-order valence-corrected chi connectivity index (χ1v) is 12.9. The van der Waals surface area contributed by atoms with Gasteiger partial charge in [0.2, 0.25) is 5.78 Å². The number of hydrogen-bond acceptors (Lipinski definition) is 7. The van der Waals surface area contributed by atoms with Crippen LogP contribution in [0.3, 0.4) is 0 Å². The highest BCUT2D eigenvalue weighted by atomic mass is 35.5. The van der Waals surface area contributed by atoms with Crippen LogP contribution in [0, 0.1) is 18.3 Å². The predicted octanol–water partition coefficient (Wildman–Crippen LogP) is 5.53. The van der Waals surface area contributed by atoms with E-state index in [0.717, 1.165) is 23.0 Å². The van der Waals surface area contributed by atoms with Crippen molar-refractivity contribution in [3.63, 3.8) is 0 Å². The van der Waals surface area contributed by atoms with Crippen molar-refractivity contribution in [1.82, 2.24) is 25.1 Å². The van der Waals surface area contributed by atoms with Gasteiger partial charge in [-0.1, -0.05) is 11.6 Å². The number of alkyl halides is 3. The summed E-state index contributed by atoms with van der Waals surface area (Å²) in [7, 11) is 0. The number of aromatic nitrogens is 4. The van der Waals surface area contributed by atoms with E-state index >= 15 is 0 Å². The Morgan fingerprint density at radius 3 is 2.33 bits per heavy atom. The first-order chi connectivity index (χ1) is 20.1. The van der Waals surface area contributed by atoms with Crippen molar-refractivity contribution in [1.29, 1.82) is 5.26 Å². The number of aryl methyl sites for hydroxylation is 1. The molecule has 14 heteroatoms. The summed E-state index contributed by atoms with van der Waals surface area (Å²) in [6, 6.07) is 10.6. The van der Waals surface area contributed by atoms with E-state index in [-0.39, 0.29) is 44.6 Å². The molecule has 2 N–H and O–H groups in total. The van der Waals surface area contributed by atoms with E-state index < -0.39 is 35.0 Å². The highest BCUT2D eigenvalue weighted by Gasteiger charge is 2.33. The average Bonchev–Trinajstić information content (AvgIpc) is 3.38. The number of nitriles is 1. The molecule has 0 spiro atoms. The van der Waals surface area contributed by atoms with Crippen LogP contribution in [0.2, 0.25) is 5.02 Å². The number of anilines is 1. The van der Waals surface area contributed by atoms with Crippen molar-refractivity contribution in [2.45, 2.75) is 39.4 Å². The topological polar surface area (TPSA) is 143 Å². The van der Waals surface area contributed by atoms with Gasteiger partial charge in [0.05, 0.1) is 27.9 Å². The van der Waals surface area contributed by atoms with Gasteiger partial charge in [-0.15, -0.1) is 0 Å². The lowest BCUT2D eigenvalue weighted by molar-refractivity contribution is -0.141. The van der Waals surface area contributed by atoms with E-state index in [4.69, 9.17) is 11.6 Å². The van der Waals surface area contributed by atoms with Crippen LogP contribution in [0.1, 0.15) is 74.5 Å². The summed E-state index contributed by atoms with van der Waals surface area (Å²) in [4.78, 5) is 47.5. The third kappa shape index (κ3) is 6.87. The number of pyridine rings is 2. The van der Waals surface area contributed by atoms with Crippen LogP contribution in [-0.2, 0) is 6.18 Å². The van der Waals surface area contributed by atoms with E-state index in [1.807, 2.05) is 6.07 Å². The lowest BCUT2D eigenvalue weighted by atomic mass is 10.0. The molecule has 3 aromatic heterocycles. The molecular weight excluding hydrogens is 587 g/mol. The Labute approximate surface area is 248 Å². The average molecular weight is 610 g/mol. The van der Waals surface area contributed by atoms with Gasteiger partial charge in [-0.3, -0.25) is 19.4 Å². The highest BCUT2D eigenvalue weighted by Crippen LogP contribution is 2.29. The van der Waals surface area contributed by atoms with E-state index in [1.54, 1.807) is 27.7 Å². The van der Waals surface area contributed by atoms with Crippen LogP contribution >= 0.6 is 11.6 Å². The molecule has 43 heavy (non-hydrogen) atoms. The monoisotopic (exact) mass is 609 g/mol. The van der Waals surface area contributed by atoms with Crippen molar-refractivity contribution < 1.29 is 27.6 Å². The summed E-state index contributed by atoms with van der Waals surface area (Å²) in [5, 5.41) is 19.2. The Morgan fingerprint density at radius 1 is 1.02 bits per heavy atom. The van der Waals surface area contributed by atoms with Crippen molar-refractivity contribution >= 4 is 34.9 Å². The summed E-state index contributed by atoms with van der Waals surface area (Å²) in [5.74, 6) is -2.20. The molecule has 10 nitrogen and oxygen atoms in total. The first-order valence-electron chi connectivity index (χ1n) is 12.6. The minimum atomic E-state index is -4.70. The van der Waals surface area contributed by atoms with Crippen LogP contribution in [0.5, 0.6) is 0 Å². The molecule has 1 aromatic carbocycles. The fourth-order valence-electron chi connectivity index (χ4n) is 3.97. The summed E-state index contributed by atoms with van der Waals surface area (Å²) in [6.07, 6.45) is -2.56. The van der Waals surface area contributed by atoms with Crippen molar-refractivity contribution in [3.8, 4) is 11.9 Å². The number of hydrogen-bond donors (Lipinski definition) is 2. The number of rotatable bonds is 6. The maximum Gasteiger partial charge on any atom is 0.433 e.